The molecule has 0 saturated carbocycles. The summed E-state index contributed by atoms with van der Waals surface area (Å²) in [6, 6.07) is 9.88. The van der Waals surface area contributed by atoms with Crippen molar-refractivity contribution >= 4 is 19.3 Å². The van der Waals surface area contributed by atoms with Crippen LogP contribution in [0.1, 0.15) is 18.4 Å². The molecule has 1 amide bonds. The van der Waals surface area contributed by atoms with Gasteiger partial charge in [-0.1, -0.05) is 36.8 Å². The summed E-state index contributed by atoms with van der Waals surface area (Å²) in [6.45, 7) is 1.91. The fraction of sp³-hybridized carbons (Fsp3) is 0.556. The van der Waals surface area contributed by atoms with Crippen LogP contribution in [0.15, 0.2) is 30.3 Å². The van der Waals surface area contributed by atoms with Gasteiger partial charge >= 0.3 is 7.12 Å². The van der Waals surface area contributed by atoms with Gasteiger partial charge in [0.2, 0.25) is 5.91 Å². The second-order valence-electron chi connectivity index (χ2n) is 6.36. The summed E-state index contributed by atoms with van der Waals surface area (Å²) >= 11 is 0. The van der Waals surface area contributed by atoms with Crippen LogP contribution >= 0.6 is 0 Å². The molecule has 1 fully saturated rings. The highest BCUT2D eigenvalue weighted by molar-refractivity contribution is 6.40. The van der Waals surface area contributed by atoms with Crippen molar-refractivity contribution in [2.24, 2.45) is 11.8 Å². The number of carbonyl (C=O) groups is 2. The van der Waals surface area contributed by atoms with Gasteiger partial charge in [-0.2, -0.15) is 0 Å². The monoisotopic (exact) mass is 364 g/mol. The van der Waals surface area contributed by atoms with E-state index in [2.05, 4.69) is 5.32 Å². The van der Waals surface area contributed by atoms with Crippen LogP contribution in [-0.2, 0) is 16.1 Å². The van der Waals surface area contributed by atoms with Crippen LogP contribution in [0.5, 0.6) is 0 Å². The van der Waals surface area contributed by atoms with Gasteiger partial charge in [0.25, 0.3) is 0 Å². The molecular weight excluding hydrogens is 335 g/mol. The summed E-state index contributed by atoms with van der Waals surface area (Å²) in [5.74, 6) is -0.0410. The zero-order valence-corrected chi connectivity index (χ0v) is 15.3. The van der Waals surface area contributed by atoms with Crippen LogP contribution in [0.25, 0.3) is 0 Å². The fourth-order valence-corrected chi connectivity index (χ4v) is 3.14. The molecular formula is C18H29BN2O5. The van der Waals surface area contributed by atoms with Gasteiger partial charge in [0.1, 0.15) is 6.29 Å². The van der Waals surface area contributed by atoms with E-state index in [0.717, 1.165) is 25.4 Å². The average molecular weight is 364 g/mol. The smallest absolute Gasteiger partial charge is 0.427 e. The van der Waals surface area contributed by atoms with E-state index in [-0.39, 0.29) is 24.3 Å². The van der Waals surface area contributed by atoms with E-state index < -0.39 is 7.12 Å². The number of amides is 1. The molecule has 0 aliphatic carbocycles. The van der Waals surface area contributed by atoms with Gasteiger partial charge in [-0.3, -0.25) is 4.79 Å². The maximum absolute atomic E-state index is 12.3. The zero-order valence-electron chi connectivity index (χ0n) is 15.3. The van der Waals surface area contributed by atoms with Crippen LogP contribution in [-0.4, -0.2) is 66.1 Å². The fourth-order valence-electron chi connectivity index (χ4n) is 3.14. The number of benzene rings is 1. The first-order valence-corrected chi connectivity index (χ1v) is 8.88. The van der Waals surface area contributed by atoms with Crippen molar-refractivity contribution in [3.05, 3.63) is 35.9 Å². The van der Waals surface area contributed by atoms with E-state index in [1.807, 2.05) is 30.3 Å². The Morgan fingerprint density at radius 3 is 2.58 bits per heavy atom. The number of aliphatic hydroxyl groups excluding tert-OH is 1. The molecule has 2 unspecified atom stereocenters. The van der Waals surface area contributed by atoms with Gasteiger partial charge in [-0.15, -0.1) is 0 Å². The number of rotatable bonds is 9. The third kappa shape index (κ3) is 7.66. The Morgan fingerprint density at radius 2 is 1.96 bits per heavy atom. The number of likely N-dealkylation sites (tertiary alicyclic amines) is 1. The molecule has 2 rings (SSSR count). The first-order valence-electron chi connectivity index (χ1n) is 8.88. The van der Waals surface area contributed by atoms with Gasteiger partial charge < -0.3 is 30.2 Å². The van der Waals surface area contributed by atoms with Crippen LogP contribution in [0.2, 0.25) is 6.32 Å². The van der Waals surface area contributed by atoms with E-state index in [1.165, 1.54) is 0 Å². The lowest BCUT2D eigenvalue weighted by Crippen LogP contribution is -2.36. The highest BCUT2D eigenvalue weighted by atomic mass is 16.4. The van der Waals surface area contributed by atoms with E-state index >= 15 is 0 Å². The molecule has 0 spiro atoms. The molecule has 1 saturated heterocycles. The predicted octanol–water partition coefficient (Wildman–Crippen LogP) is -0.0888. The maximum atomic E-state index is 12.3. The Balaban J connectivity index is 0.00000163. The van der Waals surface area contributed by atoms with Crippen LogP contribution < -0.4 is 5.32 Å². The molecule has 7 nitrogen and oxygen atoms in total. The lowest BCUT2D eigenvalue weighted by Gasteiger charge is -2.17. The summed E-state index contributed by atoms with van der Waals surface area (Å²) in [6.07, 6.45) is 2.59. The molecule has 8 heteroatoms. The lowest BCUT2D eigenvalue weighted by molar-refractivity contribution is -0.129. The summed E-state index contributed by atoms with van der Waals surface area (Å²) in [7, 11) is -0.305. The summed E-state index contributed by atoms with van der Waals surface area (Å²) in [5.41, 5.74) is 1.12. The van der Waals surface area contributed by atoms with Crippen molar-refractivity contribution in [1.29, 1.82) is 0 Å². The van der Waals surface area contributed by atoms with Crippen molar-refractivity contribution in [3.8, 4) is 0 Å². The Morgan fingerprint density at radius 1 is 1.27 bits per heavy atom. The second-order valence-corrected chi connectivity index (χ2v) is 6.36. The van der Waals surface area contributed by atoms with Gasteiger partial charge in [0.15, 0.2) is 0 Å². The lowest BCUT2D eigenvalue weighted by atomic mass is 9.81. The third-order valence-corrected chi connectivity index (χ3v) is 4.50. The Kier molecular flexibility index (Phi) is 10.8. The molecule has 0 radical (unpaired) electrons. The molecule has 1 aliphatic heterocycles. The van der Waals surface area contributed by atoms with Crippen LogP contribution in [0.4, 0.5) is 0 Å². The van der Waals surface area contributed by atoms with Crippen LogP contribution in [0, 0.1) is 11.8 Å². The number of carbonyl (C=O) groups excluding carboxylic acids is 2. The van der Waals surface area contributed by atoms with Crippen LogP contribution in [0.3, 0.4) is 0 Å². The van der Waals surface area contributed by atoms with Crippen molar-refractivity contribution in [3.63, 3.8) is 0 Å². The van der Waals surface area contributed by atoms with E-state index in [0.29, 0.717) is 32.4 Å². The molecule has 1 aromatic rings. The highest BCUT2D eigenvalue weighted by Crippen LogP contribution is 2.26. The normalized spacial score (nSPS) is 18.8. The van der Waals surface area contributed by atoms with Gasteiger partial charge in [0.05, 0.1) is 6.54 Å². The third-order valence-electron chi connectivity index (χ3n) is 4.50. The van der Waals surface area contributed by atoms with Crippen molar-refractivity contribution in [1.82, 2.24) is 10.2 Å². The molecule has 1 heterocycles. The summed E-state index contributed by atoms with van der Waals surface area (Å²) in [4.78, 5) is 25.3. The molecule has 144 valence electrons. The molecule has 26 heavy (non-hydrogen) atoms. The SMILES string of the molecule is CO.O=CC1CN(C(=O)CNCc2ccccc2)CC1CCCB(O)O. The first kappa shape index (κ1) is 22.3. The van der Waals surface area contributed by atoms with Gasteiger partial charge in [0, 0.05) is 32.7 Å². The largest absolute Gasteiger partial charge is 0.451 e. The maximum Gasteiger partial charge on any atom is 0.451 e. The zero-order chi connectivity index (χ0) is 19.4. The standard InChI is InChI=1S/C17H25BN2O4.CH4O/c21-13-16-12-20(11-15(16)7-4-8-18(23)24)17(22)10-19-9-14-5-2-1-3-6-14;1-2/h1-3,5-6,13,15-16,19,23-24H,4,7-12H2;2H,1H3. The summed E-state index contributed by atoms with van der Waals surface area (Å²) in [5, 5.41) is 27.9. The Hall–Kier alpha value is -1.74. The average Bonchev–Trinajstić information content (AvgIpc) is 3.07. The minimum Gasteiger partial charge on any atom is -0.427 e. The quantitative estimate of drug-likeness (QED) is 0.360. The van der Waals surface area contributed by atoms with E-state index in [1.54, 1.807) is 4.90 Å². The van der Waals surface area contributed by atoms with Crippen molar-refractivity contribution in [2.75, 3.05) is 26.7 Å². The van der Waals surface area contributed by atoms with Gasteiger partial charge in [-0.05, 0) is 24.2 Å². The Bertz CT molecular complexity index is 530. The van der Waals surface area contributed by atoms with Crippen molar-refractivity contribution in [2.45, 2.75) is 25.7 Å². The topological polar surface area (TPSA) is 110 Å². The molecule has 1 aliphatic rings. The van der Waals surface area contributed by atoms with Crippen molar-refractivity contribution < 1.29 is 24.7 Å². The number of nitrogens with one attached hydrogen (secondary N) is 1. The Labute approximate surface area is 155 Å². The van der Waals surface area contributed by atoms with E-state index in [4.69, 9.17) is 15.2 Å². The number of aldehydes is 1. The number of hydrogen-bond acceptors (Lipinski definition) is 6. The molecule has 0 bridgehead atoms. The first-order chi connectivity index (χ1) is 12.6. The minimum atomic E-state index is -1.30. The predicted molar refractivity (Wildman–Crippen MR) is 100 cm³/mol. The van der Waals surface area contributed by atoms with Gasteiger partial charge in [-0.25, -0.2) is 0 Å². The number of nitrogens with zero attached hydrogens (tertiary/aromatic N) is 1. The second kappa shape index (κ2) is 12.6. The minimum absolute atomic E-state index is 0.00229. The highest BCUT2D eigenvalue weighted by Gasteiger charge is 2.34. The molecule has 2 atom stereocenters. The summed E-state index contributed by atoms with van der Waals surface area (Å²) < 4.78 is 0. The number of aliphatic hydroxyl groups is 1. The molecule has 1 aromatic carbocycles. The number of hydrogen-bond donors (Lipinski definition) is 4. The van der Waals surface area contributed by atoms with E-state index in [9.17, 15) is 9.59 Å². The molecule has 0 aromatic heterocycles. The molecule has 4 N–H and O–H groups in total.